The molecule has 1 N–H and O–H groups in total. The maximum Gasteiger partial charge on any atom is 0.116 e. The standard InChI is InChI=1S/C26H23ClOP.ClH/c27-23-17-21(19-28)16-22(18-23)20-29(24-10-4-1-5-11-24,25-12-6-2-7-13-25)26-14-8-3-9-15-26;/h1-18,28H,19-20H2;1H/q+1;/p-1. The zero-order valence-electron chi connectivity index (χ0n) is 16.5. The third-order valence-corrected chi connectivity index (χ3v) is 9.81. The first kappa shape index (κ1) is 22.5. The van der Waals surface area contributed by atoms with Crippen LogP contribution in [0.5, 0.6) is 0 Å². The summed E-state index contributed by atoms with van der Waals surface area (Å²) in [4.78, 5) is 0. The molecule has 0 atom stereocenters. The molecule has 0 amide bonds. The van der Waals surface area contributed by atoms with Crippen LogP contribution < -0.4 is 28.3 Å². The number of aliphatic hydroxyl groups is 1. The molecule has 0 aliphatic heterocycles. The quantitative estimate of drug-likeness (QED) is 0.445. The van der Waals surface area contributed by atoms with E-state index in [-0.39, 0.29) is 19.0 Å². The van der Waals surface area contributed by atoms with Crippen LogP contribution >= 0.6 is 18.9 Å². The fraction of sp³-hybridized carbons (Fsp3) is 0.0769. The molecule has 0 aliphatic rings. The van der Waals surface area contributed by atoms with Crippen molar-refractivity contribution >= 4 is 34.8 Å². The molecule has 4 heteroatoms. The van der Waals surface area contributed by atoms with Crippen molar-refractivity contribution in [1.29, 1.82) is 0 Å². The van der Waals surface area contributed by atoms with E-state index in [1.165, 1.54) is 15.9 Å². The summed E-state index contributed by atoms with van der Waals surface area (Å²) in [5, 5.41) is 14.4. The van der Waals surface area contributed by atoms with Gasteiger partial charge >= 0.3 is 0 Å². The number of hydrogen-bond acceptors (Lipinski definition) is 1. The van der Waals surface area contributed by atoms with Gasteiger partial charge in [-0.05, 0) is 65.7 Å². The molecule has 4 rings (SSSR count). The summed E-state index contributed by atoms with van der Waals surface area (Å²) in [6, 6.07) is 38.3. The maximum absolute atomic E-state index is 9.69. The van der Waals surface area contributed by atoms with Crippen molar-refractivity contribution in [3.05, 3.63) is 125 Å². The van der Waals surface area contributed by atoms with Gasteiger partial charge in [-0.25, -0.2) is 0 Å². The van der Waals surface area contributed by atoms with Crippen molar-refractivity contribution in [2.24, 2.45) is 0 Å². The van der Waals surface area contributed by atoms with E-state index in [0.29, 0.717) is 5.02 Å². The minimum Gasteiger partial charge on any atom is -1.00 e. The van der Waals surface area contributed by atoms with Crippen LogP contribution in [0, 0.1) is 0 Å². The highest BCUT2D eigenvalue weighted by atomic mass is 35.5. The molecule has 0 radical (unpaired) electrons. The Morgan fingerprint density at radius 2 is 1.00 bits per heavy atom. The van der Waals surface area contributed by atoms with Crippen LogP contribution in [0.2, 0.25) is 5.02 Å². The predicted octanol–water partition coefficient (Wildman–Crippen LogP) is 2.33. The lowest BCUT2D eigenvalue weighted by Gasteiger charge is -2.28. The van der Waals surface area contributed by atoms with Crippen LogP contribution in [0.25, 0.3) is 0 Å². The molecule has 0 saturated carbocycles. The lowest BCUT2D eigenvalue weighted by atomic mass is 10.1. The van der Waals surface area contributed by atoms with Crippen molar-refractivity contribution in [3.63, 3.8) is 0 Å². The molecule has 0 aromatic heterocycles. The Balaban J connectivity index is 0.00000256. The summed E-state index contributed by atoms with van der Waals surface area (Å²) in [5.41, 5.74) is 1.99. The van der Waals surface area contributed by atoms with Crippen molar-refractivity contribution in [1.82, 2.24) is 0 Å². The third kappa shape index (κ3) is 4.61. The fourth-order valence-electron chi connectivity index (χ4n) is 3.94. The Hall–Kier alpha value is -2.15. The van der Waals surface area contributed by atoms with E-state index in [4.69, 9.17) is 11.6 Å². The third-order valence-electron chi connectivity index (χ3n) is 5.21. The van der Waals surface area contributed by atoms with Gasteiger partial charge in [0, 0.05) is 5.02 Å². The SMILES string of the molecule is OCc1cc(Cl)cc(C[P+](c2ccccc2)(c2ccccc2)c2ccccc2)c1.[Cl-]. The van der Waals surface area contributed by atoms with E-state index in [0.717, 1.165) is 17.3 Å². The number of aliphatic hydroxyl groups excluding tert-OH is 1. The van der Waals surface area contributed by atoms with Crippen LogP contribution in [-0.2, 0) is 12.8 Å². The summed E-state index contributed by atoms with van der Waals surface area (Å²) in [6.07, 6.45) is 0.846. The van der Waals surface area contributed by atoms with Gasteiger partial charge in [-0.2, -0.15) is 0 Å². The summed E-state index contributed by atoms with van der Waals surface area (Å²) in [5.74, 6) is 0. The molecule has 4 aromatic rings. The summed E-state index contributed by atoms with van der Waals surface area (Å²) < 4.78 is 0. The van der Waals surface area contributed by atoms with Gasteiger partial charge in [0.05, 0.1) is 12.8 Å². The van der Waals surface area contributed by atoms with Gasteiger partial charge in [-0.15, -0.1) is 0 Å². The lowest BCUT2D eigenvalue weighted by Crippen LogP contribution is -3.00. The van der Waals surface area contributed by atoms with Crippen LogP contribution in [0.1, 0.15) is 11.1 Å². The predicted molar refractivity (Wildman–Crippen MR) is 126 cm³/mol. The van der Waals surface area contributed by atoms with Gasteiger partial charge < -0.3 is 17.5 Å². The van der Waals surface area contributed by atoms with E-state index in [9.17, 15) is 5.11 Å². The first-order valence-corrected chi connectivity index (χ1v) is 12.0. The number of rotatable bonds is 6. The molecule has 0 bridgehead atoms. The Labute approximate surface area is 190 Å². The summed E-state index contributed by atoms with van der Waals surface area (Å²) >= 11 is 6.40. The Bertz CT molecular complexity index is 973. The molecule has 4 aromatic carbocycles. The average Bonchev–Trinajstić information content (AvgIpc) is 2.79. The van der Waals surface area contributed by atoms with E-state index in [1.54, 1.807) is 0 Å². The molecule has 0 unspecified atom stereocenters. The van der Waals surface area contributed by atoms with Gasteiger partial charge in [0.15, 0.2) is 0 Å². The molecule has 30 heavy (non-hydrogen) atoms. The number of halogens is 2. The monoisotopic (exact) mass is 452 g/mol. The molecule has 0 spiro atoms. The largest absolute Gasteiger partial charge is 1.00 e. The number of hydrogen-bond donors (Lipinski definition) is 1. The van der Waals surface area contributed by atoms with E-state index < -0.39 is 7.26 Å². The second-order valence-corrected chi connectivity index (χ2v) is 11.0. The smallest absolute Gasteiger partial charge is 0.116 e. The van der Waals surface area contributed by atoms with Crippen LogP contribution in [0.3, 0.4) is 0 Å². The zero-order valence-corrected chi connectivity index (χ0v) is 18.9. The topological polar surface area (TPSA) is 20.2 Å². The highest BCUT2D eigenvalue weighted by Gasteiger charge is 2.45. The minimum atomic E-state index is -1.97. The fourth-order valence-corrected chi connectivity index (χ4v) is 8.44. The van der Waals surface area contributed by atoms with Gasteiger partial charge in [-0.3, -0.25) is 0 Å². The zero-order chi connectivity index (χ0) is 20.1. The molecule has 0 aliphatic carbocycles. The first-order valence-electron chi connectivity index (χ1n) is 9.66. The second-order valence-electron chi connectivity index (χ2n) is 7.10. The normalized spacial score (nSPS) is 11.0. The van der Waals surface area contributed by atoms with Crippen molar-refractivity contribution in [2.45, 2.75) is 12.8 Å². The average molecular weight is 453 g/mol. The Morgan fingerprint density at radius 3 is 1.40 bits per heavy atom. The molecular formula is C26H23Cl2OP. The van der Waals surface area contributed by atoms with Crippen LogP contribution in [0.4, 0.5) is 0 Å². The van der Waals surface area contributed by atoms with Gasteiger partial charge in [-0.1, -0.05) is 66.2 Å². The molecule has 0 heterocycles. The van der Waals surface area contributed by atoms with Gasteiger partial charge in [0.2, 0.25) is 0 Å². The maximum atomic E-state index is 9.69. The first-order chi connectivity index (χ1) is 14.2. The van der Waals surface area contributed by atoms with E-state index in [2.05, 4.69) is 97.1 Å². The summed E-state index contributed by atoms with van der Waals surface area (Å²) in [7, 11) is -1.97. The Morgan fingerprint density at radius 1 is 0.600 bits per heavy atom. The van der Waals surface area contributed by atoms with E-state index in [1.807, 2.05) is 12.1 Å². The molecule has 1 nitrogen and oxygen atoms in total. The Kier molecular flexibility index (Phi) is 7.69. The molecule has 0 saturated heterocycles. The minimum absolute atomic E-state index is 0. The van der Waals surface area contributed by atoms with Crippen LogP contribution in [-0.4, -0.2) is 5.11 Å². The molecule has 0 fully saturated rings. The highest BCUT2D eigenvalue weighted by Crippen LogP contribution is 2.58. The molecule has 152 valence electrons. The van der Waals surface area contributed by atoms with Gasteiger partial charge in [0.1, 0.15) is 23.2 Å². The lowest BCUT2D eigenvalue weighted by molar-refractivity contribution is -0.00000650. The van der Waals surface area contributed by atoms with Crippen molar-refractivity contribution in [3.8, 4) is 0 Å². The van der Waals surface area contributed by atoms with Crippen molar-refractivity contribution in [2.75, 3.05) is 0 Å². The highest BCUT2D eigenvalue weighted by molar-refractivity contribution is 7.95. The van der Waals surface area contributed by atoms with Gasteiger partial charge in [0.25, 0.3) is 0 Å². The van der Waals surface area contributed by atoms with E-state index >= 15 is 0 Å². The second kappa shape index (κ2) is 10.2. The van der Waals surface area contributed by atoms with Crippen LogP contribution in [0.15, 0.2) is 109 Å². The number of benzene rings is 4. The molecular weight excluding hydrogens is 430 g/mol. The summed E-state index contributed by atoms with van der Waals surface area (Å²) in [6.45, 7) is -0.0129. The van der Waals surface area contributed by atoms with Crippen molar-refractivity contribution < 1.29 is 17.5 Å².